The van der Waals surface area contributed by atoms with Gasteiger partial charge in [0, 0.05) is 18.9 Å². The average Bonchev–Trinajstić information content (AvgIpc) is 2.89. The van der Waals surface area contributed by atoms with Crippen molar-refractivity contribution in [1.29, 1.82) is 0 Å². The first-order valence-electron chi connectivity index (χ1n) is 11.8. The Bertz CT molecular complexity index is 1040. The van der Waals surface area contributed by atoms with Crippen molar-refractivity contribution in [3.8, 4) is 0 Å². The molecule has 37 heavy (non-hydrogen) atoms. The molecule has 0 amide bonds. The Morgan fingerprint density at radius 2 is 1.22 bits per heavy atom. The zero-order valence-electron chi connectivity index (χ0n) is 21.9. The Kier molecular flexibility index (Phi) is 14.3. The van der Waals surface area contributed by atoms with Crippen molar-refractivity contribution >= 4 is 24.8 Å². The van der Waals surface area contributed by atoms with Crippen LogP contribution in [0.3, 0.4) is 0 Å². The van der Waals surface area contributed by atoms with E-state index in [4.69, 9.17) is 18.9 Å². The molecule has 1 saturated heterocycles. The fourth-order valence-electron chi connectivity index (χ4n) is 3.99. The van der Waals surface area contributed by atoms with Crippen LogP contribution in [0.2, 0.25) is 0 Å². The molecule has 6 nitrogen and oxygen atoms in total. The molecule has 184 valence electrons. The maximum absolute atomic E-state index is 11.9. The number of aliphatic imine (C=N–C) groups is 1. The second kappa shape index (κ2) is 16.9. The fraction of sp³-hybridized carbons (Fsp3) is 0.310. The van der Waals surface area contributed by atoms with Crippen LogP contribution in [-0.4, -0.2) is 55.7 Å². The van der Waals surface area contributed by atoms with Crippen LogP contribution in [-0.2, 0) is 38.8 Å². The van der Waals surface area contributed by atoms with Gasteiger partial charge < -0.3 is 24.1 Å². The van der Waals surface area contributed by atoms with E-state index in [9.17, 15) is 5.11 Å². The first-order chi connectivity index (χ1) is 17.2. The third-order valence-electron chi connectivity index (χ3n) is 5.71. The van der Waals surface area contributed by atoms with Gasteiger partial charge in [-0.2, -0.15) is 0 Å². The minimum atomic E-state index is -0.581. The zero-order valence-corrected chi connectivity index (χ0v) is 21.9. The minimum Gasteiger partial charge on any atom is -0.862 e. The molecule has 1 fully saturated rings. The molecule has 0 bridgehead atoms. The van der Waals surface area contributed by atoms with Crippen LogP contribution in [0.5, 0.6) is 0 Å². The Morgan fingerprint density at radius 3 is 1.70 bits per heavy atom. The van der Waals surface area contributed by atoms with Crippen molar-refractivity contribution in [1.82, 2.24) is 0 Å². The minimum absolute atomic E-state index is 0. The van der Waals surface area contributed by atoms with Crippen molar-refractivity contribution in [2.75, 3.05) is 6.61 Å². The Hall–Kier alpha value is -1.84. The summed E-state index contributed by atoms with van der Waals surface area (Å²) in [6.45, 7) is 4.52. The van der Waals surface area contributed by atoms with E-state index < -0.39 is 24.4 Å². The second-order valence-corrected chi connectivity index (χ2v) is 8.47. The maximum Gasteiger partial charge on any atom is 1.00 e. The monoisotopic (exact) mass is 487 g/mol. The van der Waals surface area contributed by atoms with Gasteiger partial charge >= 0.3 is 18.9 Å². The van der Waals surface area contributed by atoms with Gasteiger partial charge in [0.2, 0.25) is 0 Å². The summed E-state index contributed by atoms with van der Waals surface area (Å²) in [7, 11) is 0. The summed E-state index contributed by atoms with van der Waals surface area (Å²) in [5.74, 6) is -0.288. The molecule has 1 aliphatic heterocycles. The first kappa shape index (κ1) is 31.4. The van der Waals surface area contributed by atoms with E-state index in [2.05, 4.69) is 4.99 Å². The molecule has 0 spiro atoms. The smallest absolute Gasteiger partial charge is 0.862 e. The van der Waals surface area contributed by atoms with Crippen molar-refractivity contribution in [2.45, 2.75) is 51.1 Å². The van der Waals surface area contributed by atoms with Gasteiger partial charge in [0.25, 0.3) is 0 Å². The molecule has 0 aromatic heterocycles. The average molecular weight is 487 g/mol. The predicted molar refractivity (Wildman–Crippen MR) is 138 cm³/mol. The van der Waals surface area contributed by atoms with Crippen LogP contribution >= 0.6 is 0 Å². The molecule has 0 N–H and O–H groups in total. The number of benzene rings is 3. The number of rotatable bonds is 11. The predicted octanol–water partition coefficient (Wildman–Crippen LogP) is 0.705. The van der Waals surface area contributed by atoms with Gasteiger partial charge in [-0.05, 0) is 29.5 Å². The number of ether oxygens (including phenoxy) is 4. The Morgan fingerprint density at radius 1 is 0.757 bits per heavy atom. The van der Waals surface area contributed by atoms with E-state index in [1.54, 1.807) is 6.61 Å². The number of nitrogens with zero attached hydrogens (tertiary/aromatic N) is 1. The summed E-state index contributed by atoms with van der Waals surface area (Å²) in [5.41, 5.74) is 3.14. The van der Waals surface area contributed by atoms with Crippen LogP contribution in [0.25, 0.3) is 0 Å². The van der Waals surface area contributed by atoms with E-state index in [-0.39, 0.29) is 43.6 Å². The van der Waals surface area contributed by atoms with E-state index in [1.165, 1.54) is 6.92 Å². The van der Waals surface area contributed by atoms with Crippen molar-refractivity contribution < 1.29 is 42.9 Å². The van der Waals surface area contributed by atoms with Gasteiger partial charge in [-0.25, -0.2) is 0 Å². The second-order valence-electron chi connectivity index (χ2n) is 8.47. The first-order valence-corrected chi connectivity index (χ1v) is 11.8. The summed E-state index contributed by atoms with van der Waals surface area (Å²) in [4.78, 5) is 4.23. The molecule has 1 aliphatic rings. The Balaban J connectivity index is 0.00000241. The third kappa shape index (κ3) is 10.1. The number of hydrogen-bond acceptors (Lipinski definition) is 6. The molecule has 3 aromatic carbocycles. The van der Waals surface area contributed by atoms with Gasteiger partial charge in [-0.3, -0.25) is 4.99 Å². The summed E-state index contributed by atoms with van der Waals surface area (Å²) >= 11 is 0. The molecule has 8 heteroatoms. The van der Waals surface area contributed by atoms with Crippen molar-refractivity contribution in [3.05, 3.63) is 114 Å². The van der Waals surface area contributed by atoms with E-state index in [0.717, 1.165) is 16.7 Å². The van der Waals surface area contributed by atoms with Crippen molar-refractivity contribution in [2.24, 2.45) is 4.99 Å². The van der Waals surface area contributed by atoms with Crippen LogP contribution in [0, 0.1) is 6.61 Å². The zero-order chi connectivity index (χ0) is 24.3. The van der Waals surface area contributed by atoms with Crippen LogP contribution in [0.4, 0.5) is 0 Å². The Labute approximate surface area is 243 Å². The molecule has 0 unspecified atom stereocenters. The molecular weight excluding hydrogens is 456 g/mol. The molecule has 1 heterocycles. The van der Waals surface area contributed by atoms with Gasteiger partial charge in [-0.15, -0.1) is 0 Å². The van der Waals surface area contributed by atoms with Crippen LogP contribution in [0.1, 0.15) is 23.6 Å². The van der Waals surface area contributed by atoms with E-state index in [0.29, 0.717) is 26.4 Å². The van der Waals surface area contributed by atoms with Crippen molar-refractivity contribution in [3.63, 3.8) is 0 Å². The number of hydrogen-bond donors (Lipinski definition) is 0. The summed E-state index contributed by atoms with van der Waals surface area (Å²) < 4.78 is 24.7. The molecular formula is C29H31Li2NO5. The molecule has 0 aliphatic carbocycles. The molecule has 4 atom stereocenters. The normalized spacial score (nSPS) is 21.5. The summed E-state index contributed by atoms with van der Waals surface area (Å²) in [6.07, 6.45) is -1.42. The molecule has 2 radical (unpaired) electrons. The maximum atomic E-state index is 11.9. The topological polar surface area (TPSA) is 72.3 Å². The quantitative estimate of drug-likeness (QED) is 0.226. The fourth-order valence-corrected chi connectivity index (χ4v) is 3.99. The molecule has 4 rings (SSSR count). The van der Waals surface area contributed by atoms with E-state index in [1.807, 2.05) is 91.0 Å². The van der Waals surface area contributed by atoms with Gasteiger partial charge in [0.05, 0.1) is 26.4 Å². The van der Waals surface area contributed by atoms with Gasteiger partial charge in [0.15, 0.2) is 0 Å². The van der Waals surface area contributed by atoms with Gasteiger partial charge in [0.1, 0.15) is 31.0 Å². The summed E-state index contributed by atoms with van der Waals surface area (Å²) in [5, 5.41) is 11.9. The SMILES string of the molecule is CC([O-])=N[C@H]1[CH]O[C@H](COCc2ccccc2)[C@H](OCc2ccccc2)[C@@H]1OCc1ccccc1.[Li+].[Li]. The third-order valence-corrected chi connectivity index (χ3v) is 5.71. The molecule has 3 aromatic rings. The standard InChI is InChI=1S/C29H32NO5.2Li/c1-22(31)30-26-20-33-27(21-32-17-23-11-5-2-6-12-23)29(35-19-25-15-9-4-10-16-25)28(26)34-18-24-13-7-3-8-14-24;;/h2-16,20,26-29H,17-19,21H2,1H3,(H,30,31);;/q;;+1/p-1/t26-,27+,28+,29-;;/m0../s1. The van der Waals surface area contributed by atoms with Crippen LogP contribution < -0.4 is 24.0 Å². The van der Waals surface area contributed by atoms with E-state index >= 15 is 0 Å². The largest absolute Gasteiger partial charge is 1.00 e. The molecule has 0 saturated carbocycles. The van der Waals surface area contributed by atoms with Gasteiger partial charge in [-0.1, -0.05) is 91.0 Å². The van der Waals surface area contributed by atoms with Crippen LogP contribution in [0.15, 0.2) is 96.0 Å². The summed E-state index contributed by atoms with van der Waals surface area (Å²) in [6, 6.07) is 29.2.